The quantitative estimate of drug-likeness (QED) is 0.423. The van der Waals surface area contributed by atoms with E-state index >= 15 is 0 Å². The molecule has 0 saturated carbocycles. The zero-order valence-corrected chi connectivity index (χ0v) is 17.9. The third-order valence-electron chi connectivity index (χ3n) is 4.20. The largest absolute Gasteiger partial charge is 0.267 e. The van der Waals surface area contributed by atoms with Crippen LogP contribution in [-0.2, 0) is 22.2 Å². The van der Waals surface area contributed by atoms with Gasteiger partial charge in [0.2, 0.25) is 10.0 Å². The fourth-order valence-electron chi connectivity index (χ4n) is 2.90. The predicted octanol–water partition coefficient (Wildman–Crippen LogP) is 3.66. The molecule has 0 spiro atoms. The number of benzene rings is 2. The maximum Gasteiger partial charge on any atom is 0.254 e. The summed E-state index contributed by atoms with van der Waals surface area (Å²) in [5.41, 5.74) is 1.43. The summed E-state index contributed by atoms with van der Waals surface area (Å²) in [6, 6.07) is 15.0. The molecular formula is C20H17F2N5O2S2. The van der Waals surface area contributed by atoms with Crippen molar-refractivity contribution in [3.8, 4) is 0 Å². The van der Waals surface area contributed by atoms with Crippen molar-refractivity contribution in [1.82, 2.24) is 19.6 Å². The molecule has 0 bridgehead atoms. The zero-order valence-electron chi connectivity index (χ0n) is 16.3. The second kappa shape index (κ2) is 8.60. The van der Waals surface area contributed by atoms with E-state index in [2.05, 4.69) is 19.8 Å². The van der Waals surface area contributed by atoms with Crippen molar-refractivity contribution in [1.29, 1.82) is 0 Å². The van der Waals surface area contributed by atoms with Crippen LogP contribution < -0.4 is 4.72 Å². The number of sulfonamides is 1. The summed E-state index contributed by atoms with van der Waals surface area (Å²) in [7, 11) is -3.60. The Balaban J connectivity index is 1.68. The lowest BCUT2D eigenvalue weighted by Crippen LogP contribution is -2.14. The molecule has 11 heteroatoms. The highest BCUT2D eigenvalue weighted by Crippen LogP contribution is 2.27. The van der Waals surface area contributed by atoms with Crippen LogP contribution in [0.5, 0.6) is 0 Å². The minimum atomic E-state index is -3.60. The van der Waals surface area contributed by atoms with E-state index in [0.29, 0.717) is 17.9 Å². The molecule has 4 aromatic rings. The Hall–Kier alpha value is -3.05. The number of hydrogen-bond donors (Lipinski definition) is 1. The normalized spacial score (nSPS) is 11.7. The molecule has 0 saturated heterocycles. The number of hydrogen-bond acceptors (Lipinski definition) is 6. The molecule has 2 aromatic heterocycles. The summed E-state index contributed by atoms with van der Waals surface area (Å²) in [5, 5.41) is 4.38. The van der Waals surface area contributed by atoms with Gasteiger partial charge < -0.3 is 0 Å². The average molecular weight is 462 g/mol. The van der Waals surface area contributed by atoms with Crippen molar-refractivity contribution >= 4 is 33.4 Å². The van der Waals surface area contributed by atoms with E-state index in [1.807, 2.05) is 30.3 Å². The Bertz CT molecular complexity index is 1340. The first-order valence-electron chi connectivity index (χ1n) is 9.12. The summed E-state index contributed by atoms with van der Waals surface area (Å²) in [6.07, 6.45) is 1.47. The molecule has 160 valence electrons. The predicted molar refractivity (Wildman–Crippen MR) is 114 cm³/mol. The average Bonchev–Trinajstić information content (AvgIpc) is 3.11. The van der Waals surface area contributed by atoms with Crippen LogP contribution in [-0.4, -0.2) is 34.3 Å². The van der Waals surface area contributed by atoms with Crippen molar-refractivity contribution in [3.05, 3.63) is 83.3 Å². The van der Waals surface area contributed by atoms with Gasteiger partial charge >= 0.3 is 0 Å². The van der Waals surface area contributed by atoms with Crippen LogP contribution in [0.15, 0.2) is 59.5 Å². The molecule has 0 amide bonds. The van der Waals surface area contributed by atoms with Crippen LogP contribution in [0.1, 0.15) is 17.1 Å². The topological polar surface area (TPSA) is 89.2 Å². The number of thioether (sulfide) groups is 1. The Morgan fingerprint density at radius 2 is 1.84 bits per heavy atom. The Morgan fingerprint density at radius 1 is 1.06 bits per heavy atom. The molecule has 4 rings (SSSR count). The molecule has 0 fully saturated rings. The summed E-state index contributed by atoms with van der Waals surface area (Å²) < 4.78 is 54.8. The Labute approximate surface area is 181 Å². The van der Waals surface area contributed by atoms with E-state index in [4.69, 9.17) is 0 Å². The maximum atomic E-state index is 13.9. The maximum absolute atomic E-state index is 13.9. The Kier molecular flexibility index (Phi) is 5.88. The van der Waals surface area contributed by atoms with Crippen LogP contribution in [0.4, 0.5) is 14.6 Å². The van der Waals surface area contributed by atoms with Crippen LogP contribution in [0, 0.1) is 11.6 Å². The third kappa shape index (κ3) is 5.17. The van der Waals surface area contributed by atoms with Crippen molar-refractivity contribution in [2.75, 3.05) is 11.0 Å². The smallest absolute Gasteiger partial charge is 0.254 e. The van der Waals surface area contributed by atoms with E-state index in [1.165, 1.54) is 22.7 Å². The van der Waals surface area contributed by atoms with E-state index in [0.717, 1.165) is 29.6 Å². The summed E-state index contributed by atoms with van der Waals surface area (Å²) in [5.74, 6) is -0.858. The fraction of sp³-hybridized carbons (Fsp3) is 0.150. The molecule has 2 aromatic carbocycles. The van der Waals surface area contributed by atoms with E-state index in [9.17, 15) is 17.2 Å². The van der Waals surface area contributed by atoms with Crippen LogP contribution in [0.25, 0.3) is 5.78 Å². The van der Waals surface area contributed by atoms with E-state index < -0.39 is 21.7 Å². The summed E-state index contributed by atoms with van der Waals surface area (Å²) in [6.45, 7) is 0. The van der Waals surface area contributed by atoms with Gasteiger partial charge in [-0.3, -0.25) is 4.72 Å². The van der Waals surface area contributed by atoms with Gasteiger partial charge in [0.25, 0.3) is 5.78 Å². The standard InChI is InChI=1S/C20H17F2N5O2S2/c1-31(28,29)26-18-11-14(12-30-16-9-5-8-15(21)19(16)22)23-20-24-17(25-27(18)20)10-13-6-3-2-4-7-13/h2-9,11,26H,10,12H2,1H3. The van der Waals surface area contributed by atoms with Crippen molar-refractivity contribution in [3.63, 3.8) is 0 Å². The van der Waals surface area contributed by atoms with Gasteiger partial charge in [-0.1, -0.05) is 36.4 Å². The molecule has 0 aliphatic heterocycles. The first-order chi connectivity index (χ1) is 14.8. The van der Waals surface area contributed by atoms with E-state index in [1.54, 1.807) is 0 Å². The van der Waals surface area contributed by atoms with Gasteiger partial charge in [-0.2, -0.15) is 9.50 Å². The lowest BCUT2D eigenvalue weighted by atomic mass is 10.1. The highest BCUT2D eigenvalue weighted by molar-refractivity contribution is 7.98. The SMILES string of the molecule is CS(=O)(=O)Nc1cc(CSc2cccc(F)c2F)nc2nc(Cc3ccccc3)nn12. The zero-order chi connectivity index (χ0) is 22.0. The third-order valence-corrected chi connectivity index (χ3v) is 5.84. The number of rotatable bonds is 7. The van der Waals surface area contributed by atoms with Crippen molar-refractivity contribution in [2.45, 2.75) is 17.1 Å². The molecule has 0 atom stereocenters. The van der Waals surface area contributed by atoms with Crippen LogP contribution >= 0.6 is 11.8 Å². The molecule has 2 heterocycles. The minimum absolute atomic E-state index is 0.130. The lowest BCUT2D eigenvalue weighted by molar-refractivity contribution is 0.491. The highest BCUT2D eigenvalue weighted by atomic mass is 32.2. The number of nitrogens with one attached hydrogen (secondary N) is 1. The highest BCUT2D eigenvalue weighted by Gasteiger charge is 2.15. The van der Waals surface area contributed by atoms with Gasteiger partial charge in [-0.15, -0.1) is 16.9 Å². The number of fused-ring (bicyclic) bond motifs is 1. The fourth-order valence-corrected chi connectivity index (χ4v) is 4.27. The van der Waals surface area contributed by atoms with Gasteiger partial charge in [0, 0.05) is 23.1 Å². The second-order valence-corrected chi connectivity index (χ2v) is 9.52. The number of nitrogens with zero attached hydrogens (tertiary/aromatic N) is 4. The van der Waals surface area contributed by atoms with E-state index in [-0.39, 0.29) is 22.2 Å². The van der Waals surface area contributed by atoms with Gasteiger partial charge in [0.05, 0.1) is 11.9 Å². The monoisotopic (exact) mass is 461 g/mol. The molecule has 1 N–H and O–H groups in total. The molecule has 0 aliphatic carbocycles. The van der Waals surface area contributed by atoms with Gasteiger partial charge in [0.15, 0.2) is 17.5 Å². The molecule has 0 aliphatic rings. The van der Waals surface area contributed by atoms with Crippen LogP contribution in [0.3, 0.4) is 0 Å². The second-order valence-electron chi connectivity index (χ2n) is 6.75. The first kappa shape index (κ1) is 21.2. The molecule has 7 nitrogen and oxygen atoms in total. The van der Waals surface area contributed by atoms with Gasteiger partial charge in [-0.25, -0.2) is 22.2 Å². The van der Waals surface area contributed by atoms with Gasteiger partial charge in [0.1, 0.15) is 5.82 Å². The first-order valence-corrected chi connectivity index (χ1v) is 12.0. The lowest BCUT2D eigenvalue weighted by Gasteiger charge is -2.08. The number of halogens is 2. The molecule has 0 unspecified atom stereocenters. The Morgan fingerprint density at radius 3 is 2.58 bits per heavy atom. The number of anilines is 1. The summed E-state index contributed by atoms with van der Waals surface area (Å²) >= 11 is 1.05. The van der Waals surface area contributed by atoms with Crippen molar-refractivity contribution < 1.29 is 17.2 Å². The van der Waals surface area contributed by atoms with Crippen LogP contribution in [0.2, 0.25) is 0 Å². The molecule has 31 heavy (non-hydrogen) atoms. The number of aromatic nitrogens is 4. The van der Waals surface area contributed by atoms with Crippen molar-refractivity contribution in [2.24, 2.45) is 0 Å². The molecular weight excluding hydrogens is 444 g/mol. The minimum Gasteiger partial charge on any atom is -0.267 e. The summed E-state index contributed by atoms with van der Waals surface area (Å²) in [4.78, 5) is 8.95. The molecule has 0 radical (unpaired) electrons. The van der Waals surface area contributed by atoms with Gasteiger partial charge in [-0.05, 0) is 17.7 Å².